The van der Waals surface area contributed by atoms with E-state index >= 15 is 0 Å². The van der Waals surface area contributed by atoms with Crippen molar-refractivity contribution in [1.29, 1.82) is 0 Å². The van der Waals surface area contributed by atoms with E-state index in [1.54, 1.807) is 0 Å². The number of aromatic nitrogens is 2. The summed E-state index contributed by atoms with van der Waals surface area (Å²) in [4.78, 5) is 13.0. The predicted octanol–water partition coefficient (Wildman–Crippen LogP) is 3.99. The Morgan fingerprint density at radius 3 is 2.45 bits per heavy atom. The van der Waals surface area contributed by atoms with E-state index in [2.05, 4.69) is 22.3 Å². The minimum absolute atomic E-state index is 0.000984. The van der Waals surface area contributed by atoms with E-state index in [4.69, 9.17) is 21.6 Å². The van der Waals surface area contributed by atoms with Crippen LogP contribution in [0, 0.1) is 5.41 Å². The number of anilines is 2. The summed E-state index contributed by atoms with van der Waals surface area (Å²) in [6.07, 6.45) is 7.48. The van der Waals surface area contributed by atoms with Crippen molar-refractivity contribution in [2.75, 3.05) is 35.7 Å². The molecule has 7 rings (SSSR count). The summed E-state index contributed by atoms with van der Waals surface area (Å²) in [6, 6.07) is 8.29. The van der Waals surface area contributed by atoms with E-state index in [9.17, 15) is 9.32 Å². The van der Waals surface area contributed by atoms with Crippen molar-refractivity contribution in [3.05, 3.63) is 40.5 Å². The van der Waals surface area contributed by atoms with Crippen molar-refractivity contribution in [1.82, 2.24) is 9.97 Å². The van der Waals surface area contributed by atoms with Crippen LogP contribution in [-0.2, 0) is 16.2 Å². The van der Waals surface area contributed by atoms with E-state index in [1.165, 1.54) is 18.4 Å². The maximum atomic E-state index is 13.0. The molecule has 5 aliphatic rings. The van der Waals surface area contributed by atoms with Crippen LogP contribution in [0.4, 0.5) is 11.8 Å². The molecule has 3 aliphatic carbocycles. The number of hydrogen-bond acceptors (Lipinski definition) is 6. The molecule has 0 unspecified atom stereocenters. The number of aliphatic hydroxyl groups excluding tert-OH is 1. The molecular weight excluding hydrogens is 456 g/mol. The number of benzene rings is 1. The summed E-state index contributed by atoms with van der Waals surface area (Å²) in [7, 11) is -1.07. The van der Waals surface area contributed by atoms with Gasteiger partial charge in [-0.05, 0) is 68.6 Å². The second-order valence-corrected chi connectivity index (χ2v) is 13.1. The summed E-state index contributed by atoms with van der Waals surface area (Å²) in [5, 5.41) is 14.3. The van der Waals surface area contributed by atoms with Gasteiger partial charge in [0.1, 0.15) is 10.7 Å². The Bertz CT molecular complexity index is 1140. The third kappa shape index (κ3) is 3.11. The van der Waals surface area contributed by atoms with E-state index < -0.39 is 10.8 Å². The zero-order valence-corrected chi connectivity index (χ0v) is 20.2. The standard InChI is InChI=1S/C25H29ClN4O2S/c26-18-4-2-16(3-5-18)17-10-23(11-17)12-30(13-23)22-27-20-19(33(32)15-24(20)8-9-24)21(28-22)29-25(14-31)6-1-7-25/h2-5,17,31H,1,6-15H2,(H,27,28,29)/t33-/m0/s1. The van der Waals surface area contributed by atoms with E-state index in [0.717, 1.165) is 66.8 Å². The molecule has 0 bridgehead atoms. The van der Waals surface area contributed by atoms with Crippen LogP contribution in [0.3, 0.4) is 0 Å². The van der Waals surface area contributed by atoms with E-state index in [1.807, 2.05) is 12.1 Å². The molecule has 2 spiro atoms. The van der Waals surface area contributed by atoms with Crippen LogP contribution in [0.15, 0.2) is 29.2 Å². The molecule has 0 radical (unpaired) electrons. The molecule has 33 heavy (non-hydrogen) atoms. The molecule has 174 valence electrons. The Balaban J connectivity index is 1.13. The lowest BCUT2D eigenvalue weighted by atomic mass is 9.56. The Labute approximate surface area is 201 Å². The maximum absolute atomic E-state index is 13.0. The molecule has 3 heterocycles. The first-order valence-corrected chi connectivity index (χ1v) is 13.8. The monoisotopic (exact) mass is 484 g/mol. The molecule has 1 aromatic heterocycles. The first-order valence-electron chi connectivity index (χ1n) is 12.1. The molecule has 0 amide bonds. The quantitative estimate of drug-likeness (QED) is 0.668. The molecule has 4 fully saturated rings. The van der Waals surface area contributed by atoms with Crippen molar-refractivity contribution >= 4 is 34.2 Å². The summed E-state index contributed by atoms with van der Waals surface area (Å²) in [5.41, 5.74) is 2.43. The summed E-state index contributed by atoms with van der Waals surface area (Å²) in [6.45, 7) is 2.05. The smallest absolute Gasteiger partial charge is 0.227 e. The highest BCUT2D eigenvalue weighted by Gasteiger charge is 2.57. The molecule has 1 aromatic carbocycles. The van der Waals surface area contributed by atoms with Gasteiger partial charge in [0.2, 0.25) is 5.95 Å². The van der Waals surface area contributed by atoms with Crippen molar-refractivity contribution in [3.8, 4) is 0 Å². The maximum Gasteiger partial charge on any atom is 0.227 e. The minimum Gasteiger partial charge on any atom is -0.394 e. The fraction of sp³-hybridized carbons (Fsp3) is 0.600. The number of hydrogen-bond donors (Lipinski definition) is 2. The zero-order valence-electron chi connectivity index (χ0n) is 18.6. The Morgan fingerprint density at radius 1 is 1.12 bits per heavy atom. The van der Waals surface area contributed by atoms with Crippen LogP contribution in [0.5, 0.6) is 0 Å². The fourth-order valence-electron chi connectivity index (χ4n) is 6.46. The molecule has 2 aliphatic heterocycles. The van der Waals surface area contributed by atoms with Crippen molar-refractivity contribution < 1.29 is 9.32 Å². The van der Waals surface area contributed by atoms with Gasteiger partial charge in [-0.2, -0.15) is 4.98 Å². The lowest BCUT2D eigenvalue weighted by Crippen LogP contribution is -2.62. The normalized spacial score (nSPS) is 27.6. The predicted molar refractivity (Wildman–Crippen MR) is 130 cm³/mol. The number of rotatable bonds is 5. The topological polar surface area (TPSA) is 78.4 Å². The number of nitrogens with zero attached hydrogens (tertiary/aromatic N) is 3. The molecular formula is C25H29ClN4O2S. The van der Waals surface area contributed by atoms with Crippen LogP contribution in [0.25, 0.3) is 0 Å². The molecule has 1 saturated heterocycles. The van der Waals surface area contributed by atoms with Crippen molar-refractivity contribution in [2.24, 2.45) is 5.41 Å². The number of nitrogens with one attached hydrogen (secondary N) is 1. The van der Waals surface area contributed by atoms with Gasteiger partial charge in [-0.15, -0.1) is 0 Å². The average molecular weight is 485 g/mol. The lowest BCUT2D eigenvalue weighted by molar-refractivity contribution is 0.0619. The summed E-state index contributed by atoms with van der Waals surface area (Å²) in [5.74, 6) is 2.77. The van der Waals surface area contributed by atoms with Gasteiger partial charge in [-0.25, -0.2) is 4.98 Å². The van der Waals surface area contributed by atoms with Crippen LogP contribution in [0.1, 0.15) is 62.1 Å². The van der Waals surface area contributed by atoms with Gasteiger partial charge in [0, 0.05) is 34.7 Å². The van der Waals surface area contributed by atoms with Gasteiger partial charge < -0.3 is 15.3 Å². The van der Waals surface area contributed by atoms with Crippen molar-refractivity contribution in [2.45, 2.75) is 66.7 Å². The number of halogens is 1. The van der Waals surface area contributed by atoms with Crippen LogP contribution in [-0.4, -0.2) is 50.3 Å². The summed E-state index contributed by atoms with van der Waals surface area (Å²) >= 11 is 6.05. The largest absolute Gasteiger partial charge is 0.394 e. The highest BCUT2D eigenvalue weighted by Crippen LogP contribution is 2.59. The molecule has 2 aromatic rings. The molecule has 6 nitrogen and oxygen atoms in total. The van der Waals surface area contributed by atoms with E-state index in [0.29, 0.717) is 22.9 Å². The molecule has 1 atom stereocenters. The average Bonchev–Trinajstić information content (AvgIpc) is 3.43. The lowest BCUT2D eigenvalue weighted by Gasteiger charge is -2.59. The molecule has 3 saturated carbocycles. The third-order valence-corrected chi connectivity index (χ3v) is 10.8. The SMILES string of the molecule is O=[S@]1CC2(CC2)c2nc(N3CC4(CC(c5ccc(Cl)cc5)C4)C3)nc(NC3(CO)CCC3)c21. The summed E-state index contributed by atoms with van der Waals surface area (Å²) < 4.78 is 13.0. The van der Waals surface area contributed by atoms with Crippen LogP contribution in [0.2, 0.25) is 5.02 Å². The van der Waals surface area contributed by atoms with E-state index in [-0.39, 0.29) is 17.6 Å². The first kappa shape index (κ1) is 20.7. The van der Waals surface area contributed by atoms with Crippen molar-refractivity contribution in [3.63, 3.8) is 0 Å². The van der Waals surface area contributed by atoms with Crippen LogP contribution >= 0.6 is 11.6 Å². The number of aliphatic hydroxyl groups is 1. The Kier molecular flexibility index (Phi) is 4.33. The Morgan fingerprint density at radius 2 is 1.85 bits per heavy atom. The molecule has 8 heteroatoms. The van der Waals surface area contributed by atoms with Gasteiger partial charge >= 0.3 is 0 Å². The van der Waals surface area contributed by atoms with Crippen LogP contribution < -0.4 is 10.2 Å². The minimum atomic E-state index is -1.07. The molecule has 2 N–H and O–H groups in total. The third-order valence-electron chi connectivity index (χ3n) is 8.88. The number of fused-ring (bicyclic) bond motifs is 2. The van der Waals surface area contributed by atoms with Gasteiger partial charge in [-0.1, -0.05) is 23.7 Å². The fourth-order valence-corrected chi connectivity index (χ4v) is 8.45. The second kappa shape index (κ2) is 6.92. The van der Waals surface area contributed by atoms with Gasteiger partial charge in [0.05, 0.1) is 28.6 Å². The highest BCUT2D eigenvalue weighted by molar-refractivity contribution is 7.85. The van der Waals surface area contributed by atoms with Gasteiger partial charge in [0.15, 0.2) is 0 Å². The Hall–Kier alpha value is -1.70. The first-order chi connectivity index (χ1) is 15.9. The second-order valence-electron chi connectivity index (χ2n) is 11.2. The van der Waals surface area contributed by atoms with Gasteiger partial charge in [0.25, 0.3) is 0 Å². The van der Waals surface area contributed by atoms with Gasteiger partial charge in [-0.3, -0.25) is 4.21 Å². The highest BCUT2D eigenvalue weighted by atomic mass is 35.5. The zero-order chi connectivity index (χ0) is 22.4.